The van der Waals surface area contributed by atoms with Crippen molar-refractivity contribution in [1.29, 1.82) is 0 Å². The molecule has 5 nitrogen and oxygen atoms in total. The first kappa shape index (κ1) is 17.0. The summed E-state index contributed by atoms with van der Waals surface area (Å²) in [4.78, 5) is 23.4. The van der Waals surface area contributed by atoms with Crippen LogP contribution in [0.3, 0.4) is 0 Å². The van der Waals surface area contributed by atoms with E-state index >= 15 is 0 Å². The summed E-state index contributed by atoms with van der Waals surface area (Å²) < 4.78 is 5.81. The third-order valence-electron chi connectivity index (χ3n) is 3.00. The topological polar surface area (TPSA) is 67.4 Å². The van der Waals surface area contributed by atoms with Crippen molar-refractivity contribution < 1.29 is 14.3 Å². The zero-order chi connectivity index (χ0) is 16.7. The number of benzene rings is 2. The van der Waals surface area contributed by atoms with E-state index in [9.17, 15) is 9.59 Å². The summed E-state index contributed by atoms with van der Waals surface area (Å²) >= 11 is 3.35. The number of hydrogen-bond acceptors (Lipinski definition) is 3. The number of hydrogen-bond donors (Lipinski definition) is 2. The van der Waals surface area contributed by atoms with E-state index in [-0.39, 0.29) is 12.0 Å². The lowest BCUT2D eigenvalue weighted by atomic mass is 10.1. The summed E-state index contributed by atoms with van der Waals surface area (Å²) in [6.07, 6.45) is 0. The highest BCUT2D eigenvalue weighted by Gasteiger charge is 2.06. The Morgan fingerprint density at radius 2 is 1.87 bits per heavy atom. The molecule has 0 unspecified atom stereocenters. The standard InChI is InChI=1S/C17H17BrN2O3/c1-2-23-16(21)13-8-6-12(7-9-13)11-19-17(22)20-15-5-3-4-14(18)10-15/h3-10H,2,11H2,1H3,(H2,19,20,22). The molecule has 0 radical (unpaired) electrons. The van der Waals surface area contributed by atoms with Gasteiger partial charge in [0.15, 0.2) is 0 Å². The molecule has 2 N–H and O–H groups in total. The highest BCUT2D eigenvalue weighted by molar-refractivity contribution is 9.10. The molecule has 0 aliphatic heterocycles. The van der Waals surface area contributed by atoms with Crippen molar-refractivity contribution in [3.8, 4) is 0 Å². The van der Waals surface area contributed by atoms with Gasteiger partial charge in [0.05, 0.1) is 12.2 Å². The molecule has 0 aliphatic rings. The number of amides is 2. The Kier molecular flexibility index (Phi) is 6.17. The van der Waals surface area contributed by atoms with Crippen LogP contribution in [0.25, 0.3) is 0 Å². The largest absolute Gasteiger partial charge is 0.462 e. The van der Waals surface area contributed by atoms with E-state index in [1.807, 2.05) is 18.2 Å². The van der Waals surface area contributed by atoms with Crippen LogP contribution in [0.5, 0.6) is 0 Å². The van der Waals surface area contributed by atoms with Gasteiger partial charge in [-0.25, -0.2) is 9.59 Å². The van der Waals surface area contributed by atoms with Crippen molar-refractivity contribution >= 4 is 33.6 Å². The second-order valence-electron chi connectivity index (χ2n) is 4.74. The molecule has 23 heavy (non-hydrogen) atoms. The average molecular weight is 377 g/mol. The Morgan fingerprint density at radius 1 is 1.13 bits per heavy atom. The smallest absolute Gasteiger partial charge is 0.338 e. The summed E-state index contributed by atoms with van der Waals surface area (Å²) in [5.41, 5.74) is 2.09. The van der Waals surface area contributed by atoms with Crippen LogP contribution in [0.2, 0.25) is 0 Å². The fourth-order valence-electron chi connectivity index (χ4n) is 1.90. The number of nitrogens with one attached hydrogen (secondary N) is 2. The summed E-state index contributed by atoms with van der Waals surface area (Å²) in [6, 6.07) is 14.0. The maximum atomic E-state index is 11.8. The van der Waals surface area contributed by atoms with Crippen LogP contribution in [0.15, 0.2) is 53.0 Å². The lowest BCUT2D eigenvalue weighted by Gasteiger charge is -2.08. The number of halogens is 1. The van der Waals surface area contributed by atoms with Crippen molar-refractivity contribution in [2.45, 2.75) is 13.5 Å². The number of ether oxygens (including phenoxy) is 1. The van der Waals surface area contributed by atoms with E-state index in [2.05, 4.69) is 26.6 Å². The number of carbonyl (C=O) groups excluding carboxylic acids is 2. The normalized spacial score (nSPS) is 10.0. The van der Waals surface area contributed by atoms with E-state index in [4.69, 9.17) is 4.74 Å². The Hall–Kier alpha value is -2.34. The van der Waals surface area contributed by atoms with Gasteiger partial charge in [-0.2, -0.15) is 0 Å². The number of urea groups is 1. The van der Waals surface area contributed by atoms with Gasteiger partial charge in [0.25, 0.3) is 0 Å². The molecular weight excluding hydrogens is 360 g/mol. The quantitative estimate of drug-likeness (QED) is 0.776. The summed E-state index contributed by atoms with van der Waals surface area (Å²) in [7, 11) is 0. The molecule has 0 spiro atoms. The van der Waals surface area contributed by atoms with Gasteiger partial charge in [0.1, 0.15) is 0 Å². The minimum atomic E-state index is -0.348. The molecule has 0 saturated carbocycles. The minimum Gasteiger partial charge on any atom is -0.462 e. The Morgan fingerprint density at radius 3 is 2.52 bits per heavy atom. The van der Waals surface area contributed by atoms with Crippen molar-refractivity contribution in [2.75, 3.05) is 11.9 Å². The molecule has 2 aromatic rings. The zero-order valence-corrected chi connectivity index (χ0v) is 14.2. The van der Waals surface area contributed by atoms with Crippen LogP contribution in [0.1, 0.15) is 22.8 Å². The SMILES string of the molecule is CCOC(=O)c1ccc(CNC(=O)Nc2cccc(Br)c2)cc1. The number of carbonyl (C=O) groups is 2. The van der Waals surface area contributed by atoms with Gasteiger partial charge < -0.3 is 15.4 Å². The minimum absolute atomic E-state index is 0.294. The highest BCUT2D eigenvalue weighted by Crippen LogP contribution is 2.15. The number of rotatable bonds is 5. The molecule has 120 valence electrons. The summed E-state index contributed by atoms with van der Waals surface area (Å²) in [6.45, 7) is 2.47. The molecule has 0 bridgehead atoms. The molecular formula is C17H17BrN2O3. The first-order valence-corrected chi connectivity index (χ1v) is 7.94. The van der Waals surface area contributed by atoms with Gasteiger partial charge in [0, 0.05) is 16.7 Å². The van der Waals surface area contributed by atoms with Gasteiger partial charge >= 0.3 is 12.0 Å². The van der Waals surface area contributed by atoms with Crippen molar-refractivity contribution in [3.63, 3.8) is 0 Å². The van der Waals surface area contributed by atoms with E-state index in [1.54, 1.807) is 37.3 Å². The predicted octanol–water partition coefficient (Wildman–Crippen LogP) is 3.95. The molecule has 2 aromatic carbocycles. The molecule has 2 amide bonds. The van der Waals surface area contributed by atoms with Crippen LogP contribution in [-0.2, 0) is 11.3 Å². The third-order valence-corrected chi connectivity index (χ3v) is 3.49. The lowest BCUT2D eigenvalue weighted by molar-refractivity contribution is 0.0526. The number of anilines is 1. The molecule has 0 saturated heterocycles. The molecule has 0 aliphatic carbocycles. The fraction of sp³-hybridized carbons (Fsp3) is 0.176. The Labute approximate surface area is 143 Å². The highest BCUT2D eigenvalue weighted by atomic mass is 79.9. The van der Waals surface area contributed by atoms with Crippen LogP contribution in [-0.4, -0.2) is 18.6 Å². The molecule has 0 fully saturated rings. The predicted molar refractivity (Wildman–Crippen MR) is 92.4 cm³/mol. The Balaban J connectivity index is 1.85. The van der Waals surface area contributed by atoms with Crippen LogP contribution in [0.4, 0.5) is 10.5 Å². The van der Waals surface area contributed by atoms with E-state index in [1.165, 1.54) is 0 Å². The van der Waals surface area contributed by atoms with Crippen molar-refractivity contribution in [3.05, 3.63) is 64.1 Å². The van der Waals surface area contributed by atoms with Crippen LogP contribution < -0.4 is 10.6 Å². The van der Waals surface area contributed by atoms with Gasteiger partial charge in [-0.05, 0) is 42.8 Å². The van der Waals surface area contributed by atoms with Crippen LogP contribution in [0, 0.1) is 0 Å². The molecule has 2 rings (SSSR count). The lowest BCUT2D eigenvalue weighted by Crippen LogP contribution is -2.28. The molecule has 6 heteroatoms. The van der Waals surface area contributed by atoms with E-state index < -0.39 is 0 Å². The van der Waals surface area contributed by atoms with Gasteiger partial charge in [0.2, 0.25) is 0 Å². The van der Waals surface area contributed by atoms with E-state index in [0.29, 0.717) is 24.4 Å². The first-order valence-electron chi connectivity index (χ1n) is 7.15. The van der Waals surface area contributed by atoms with Gasteiger partial charge in [-0.15, -0.1) is 0 Å². The molecule has 0 heterocycles. The average Bonchev–Trinajstić information content (AvgIpc) is 2.54. The molecule has 0 atom stereocenters. The second kappa shape index (κ2) is 8.33. The first-order chi connectivity index (χ1) is 11.1. The summed E-state index contributed by atoms with van der Waals surface area (Å²) in [5, 5.41) is 5.50. The molecule has 0 aromatic heterocycles. The van der Waals surface area contributed by atoms with Gasteiger partial charge in [-0.1, -0.05) is 34.1 Å². The van der Waals surface area contributed by atoms with Crippen molar-refractivity contribution in [1.82, 2.24) is 5.32 Å². The van der Waals surface area contributed by atoms with Crippen LogP contribution >= 0.6 is 15.9 Å². The number of esters is 1. The zero-order valence-electron chi connectivity index (χ0n) is 12.6. The maximum Gasteiger partial charge on any atom is 0.338 e. The summed E-state index contributed by atoms with van der Waals surface area (Å²) in [5.74, 6) is -0.348. The van der Waals surface area contributed by atoms with E-state index in [0.717, 1.165) is 10.0 Å². The maximum absolute atomic E-state index is 11.8. The van der Waals surface area contributed by atoms with Gasteiger partial charge in [-0.3, -0.25) is 0 Å². The van der Waals surface area contributed by atoms with Crippen molar-refractivity contribution in [2.24, 2.45) is 0 Å². The fourth-order valence-corrected chi connectivity index (χ4v) is 2.30. The third kappa shape index (κ3) is 5.41. The Bertz CT molecular complexity index is 686. The monoisotopic (exact) mass is 376 g/mol. The second-order valence-corrected chi connectivity index (χ2v) is 5.65.